The number of aromatic amines is 1. The fourth-order valence-electron chi connectivity index (χ4n) is 4.58. The predicted molar refractivity (Wildman–Crippen MR) is 144 cm³/mol. The van der Waals surface area contributed by atoms with E-state index < -0.39 is 41.5 Å². The van der Waals surface area contributed by atoms with Crippen molar-refractivity contribution in [3.8, 4) is 0 Å². The van der Waals surface area contributed by atoms with E-state index in [2.05, 4.69) is 4.90 Å². The van der Waals surface area contributed by atoms with Gasteiger partial charge >= 0.3 is 11.7 Å². The van der Waals surface area contributed by atoms with Crippen LogP contribution in [0.3, 0.4) is 0 Å². The number of aliphatic hydroxyl groups is 1. The maximum absolute atomic E-state index is 13.6. The Labute approximate surface area is 233 Å². The number of carbonyl (C=O) groups is 1. The molecular formula is C25H30Cl2FN5O6. The first-order chi connectivity index (χ1) is 18.7. The maximum atomic E-state index is 13.6. The van der Waals surface area contributed by atoms with Crippen LogP contribution in [0.15, 0.2) is 34.0 Å². The summed E-state index contributed by atoms with van der Waals surface area (Å²) in [6, 6.07) is 6.01. The summed E-state index contributed by atoms with van der Waals surface area (Å²) in [5, 5.41) is 10.3. The van der Waals surface area contributed by atoms with Crippen molar-refractivity contribution < 1.29 is 23.8 Å². The molecule has 4 rings (SSSR count). The van der Waals surface area contributed by atoms with Gasteiger partial charge in [0.15, 0.2) is 0 Å². The lowest BCUT2D eigenvalue weighted by Gasteiger charge is -2.22. The number of anilines is 1. The standard InChI is InChI=1S/C25H30Cl2FN5O6/c1-31-18-6-5-15(32(9-7-26)10-8-27)11-17(18)29-21(31)3-2-4-23(35)38-14-20-19(34)12-22(39-20)33-13-16(28)24(36)30-25(33)37/h5-6,11,13,19-20,22,34H,2-4,7-10,12,14H2,1H3,(H,30,36,37)/t19?,20-,22?/m1/s1. The summed E-state index contributed by atoms with van der Waals surface area (Å²) in [5.74, 6) is 0.177. The smallest absolute Gasteiger partial charge is 0.330 e. The fraction of sp³-hybridized carbons (Fsp3) is 0.520. The molecule has 0 saturated carbocycles. The van der Waals surface area contributed by atoms with E-state index >= 15 is 0 Å². The summed E-state index contributed by atoms with van der Waals surface area (Å²) >= 11 is 11.9. The van der Waals surface area contributed by atoms with Crippen molar-refractivity contribution in [3.05, 3.63) is 56.9 Å². The molecule has 1 aliphatic rings. The second-order valence-electron chi connectivity index (χ2n) is 9.24. The highest BCUT2D eigenvalue weighted by molar-refractivity contribution is 6.18. The molecule has 0 aliphatic carbocycles. The molecule has 0 amide bonds. The molecule has 1 saturated heterocycles. The van der Waals surface area contributed by atoms with Crippen LogP contribution in [0.4, 0.5) is 10.1 Å². The molecule has 14 heteroatoms. The van der Waals surface area contributed by atoms with Crippen LogP contribution in [0.5, 0.6) is 0 Å². The molecule has 1 aromatic carbocycles. The third-order valence-electron chi connectivity index (χ3n) is 6.66. The van der Waals surface area contributed by atoms with Gasteiger partial charge in [0.05, 0.1) is 23.3 Å². The summed E-state index contributed by atoms with van der Waals surface area (Å²) in [6.45, 7) is 1.12. The van der Waals surface area contributed by atoms with Gasteiger partial charge in [0, 0.05) is 56.8 Å². The number of esters is 1. The number of benzene rings is 1. The number of aliphatic hydroxyl groups excluding tert-OH is 1. The monoisotopic (exact) mass is 585 g/mol. The van der Waals surface area contributed by atoms with Crippen LogP contribution >= 0.6 is 23.2 Å². The number of imidazole rings is 1. The average Bonchev–Trinajstić information content (AvgIpc) is 3.43. The number of halogens is 3. The topological polar surface area (TPSA) is 132 Å². The molecule has 0 spiro atoms. The van der Waals surface area contributed by atoms with Gasteiger partial charge in [-0.05, 0) is 24.6 Å². The molecule has 212 valence electrons. The zero-order chi connectivity index (χ0) is 28.1. The molecule has 3 atom stereocenters. The van der Waals surface area contributed by atoms with Crippen LogP contribution in [-0.4, -0.2) is 73.8 Å². The molecule has 39 heavy (non-hydrogen) atoms. The molecule has 1 fully saturated rings. The number of hydrogen-bond donors (Lipinski definition) is 2. The van der Waals surface area contributed by atoms with E-state index in [-0.39, 0.29) is 19.4 Å². The summed E-state index contributed by atoms with van der Waals surface area (Å²) in [7, 11) is 1.92. The minimum Gasteiger partial charge on any atom is -0.463 e. The molecule has 2 unspecified atom stereocenters. The van der Waals surface area contributed by atoms with E-state index in [9.17, 15) is 23.9 Å². The summed E-state index contributed by atoms with van der Waals surface area (Å²) < 4.78 is 27.3. The second-order valence-corrected chi connectivity index (χ2v) is 9.99. The normalized spacial score (nSPS) is 19.1. The lowest BCUT2D eigenvalue weighted by molar-refractivity contribution is -0.150. The van der Waals surface area contributed by atoms with Gasteiger partial charge in [-0.15, -0.1) is 23.2 Å². The second kappa shape index (κ2) is 12.9. The molecule has 1 aliphatic heterocycles. The van der Waals surface area contributed by atoms with Gasteiger partial charge in [-0.1, -0.05) is 0 Å². The van der Waals surface area contributed by atoms with Crippen molar-refractivity contribution in [2.75, 3.05) is 36.4 Å². The summed E-state index contributed by atoms with van der Waals surface area (Å²) in [4.78, 5) is 44.2. The average molecular weight is 586 g/mol. The van der Waals surface area contributed by atoms with Crippen LogP contribution < -0.4 is 16.1 Å². The van der Waals surface area contributed by atoms with Crippen LogP contribution in [0.2, 0.25) is 0 Å². The summed E-state index contributed by atoms with van der Waals surface area (Å²) in [5.41, 5.74) is 0.796. The number of hydrogen-bond acceptors (Lipinski definition) is 8. The van der Waals surface area contributed by atoms with Gasteiger partial charge in [0.1, 0.15) is 24.8 Å². The van der Waals surface area contributed by atoms with Crippen molar-refractivity contribution in [2.24, 2.45) is 7.05 Å². The number of aryl methyl sites for hydroxylation is 2. The highest BCUT2D eigenvalue weighted by Crippen LogP contribution is 2.28. The van der Waals surface area contributed by atoms with Gasteiger partial charge in [-0.3, -0.25) is 19.1 Å². The Morgan fingerprint density at radius 1 is 1.31 bits per heavy atom. The lowest BCUT2D eigenvalue weighted by Crippen LogP contribution is -2.34. The minimum atomic E-state index is -1.15. The largest absolute Gasteiger partial charge is 0.463 e. The van der Waals surface area contributed by atoms with E-state index in [4.69, 9.17) is 37.7 Å². The molecule has 2 N–H and O–H groups in total. The molecule has 0 radical (unpaired) electrons. The highest BCUT2D eigenvalue weighted by atomic mass is 35.5. The quantitative estimate of drug-likeness (QED) is 0.244. The Morgan fingerprint density at radius 3 is 2.77 bits per heavy atom. The number of alkyl halides is 2. The fourth-order valence-corrected chi connectivity index (χ4v) is 4.99. The molecule has 11 nitrogen and oxygen atoms in total. The van der Waals surface area contributed by atoms with E-state index in [1.54, 1.807) is 0 Å². The summed E-state index contributed by atoms with van der Waals surface area (Å²) in [6.07, 6.45) is -1.07. The zero-order valence-electron chi connectivity index (χ0n) is 21.3. The van der Waals surface area contributed by atoms with Crippen molar-refractivity contribution in [1.82, 2.24) is 19.1 Å². The van der Waals surface area contributed by atoms with Crippen LogP contribution in [0.1, 0.15) is 31.3 Å². The van der Waals surface area contributed by atoms with Crippen molar-refractivity contribution in [2.45, 2.75) is 44.1 Å². The third kappa shape index (κ3) is 6.81. The lowest BCUT2D eigenvalue weighted by atomic mass is 10.2. The Hall–Kier alpha value is -2.93. The SMILES string of the molecule is Cn1c(CCCC(=O)OC[C@H]2OC(n3cc(F)c(=O)[nH]c3=O)CC2O)nc2cc(N(CCCl)CCCl)ccc21. The Kier molecular flexibility index (Phi) is 9.65. The molecule has 0 bridgehead atoms. The first-order valence-electron chi connectivity index (χ1n) is 12.5. The molecule has 3 heterocycles. The Morgan fingerprint density at radius 2 is 2.05 bits per heavy atom. The third-order valence-corrected chi connectivity index (χ3v) is 7.00. The van der Waals surface area contributed by atoms with Gasteiger partial charge in [0.2, 0.25) is 5.82 Å². The number of aromatic nitrogens is 4. The molecule has 2 aromatic heterocycles. The van der Waals surface area contributed by atoms with Crippen LogP contribution in [-0.2, 0) is 27.7 Å². The van der Waals surface area contributed by atoms with E-state index in [1.807, 2.05) is 34.8 Å². The first-order valence-corrected chi connectivity index (χ1v) is 13.6. The minimum absolute atomic E-state index is 0.0302. The van der Waals surface area contributed by atoms with Gasteiger partial charge in [0.25, 0.3) is 5.56 Å². The van der Waals surface area contributed by atoms with Crippen LogP contribution in [0, 0.1) is 5.82 Å². The van der Waals surface area contributed by atoms with E-state index in [0.717, 1.165) is 33.3 Å². The zero-order valence-corrected chi connectivity index (χ0v) is 22.8. The van der Waals surface area contributed by atoms with Gasteiger partial charge in [-0.25, -0.2) is 9.78 Å². The highest BCUT2D eigenvalue weighted by Gasteiger charge is 2.36. The van der Waals surface area contributed by atoms with Gasteiger partial charge in [-0.2, -0.15) is 4.39 Å². The number of nitrogens with one attached hydrogen (secondary N) is 1. The van der Waals surface area contributed by atoms with Crippen LogP contribution in [0.25, 0.3) is 11.0 Å². The number of carbonyl (C=O) groups excluding carboxylic acids is 1. The Bertz CT molecular complexity index is 1420. The Balaban J connectivity index is 1.28. The number of ether oxygens (including phenoxy) is 2. The predicted octanol–water partition coefficient (Wildman–Crippen LogP) is 2.06. The number of nitrogens with zero attached hydrogens (tertiary/aromatic N) is 4. The number of fused-ring (bicyclic) bond motifs is 1. The number of H-pyrrole nitrogens is 1. The van der Waals surface area contributed by atoms with Crippen molar-refractivity contribution >= 4 is 45.9 Å². The first kappa shape index (κ1) is 29.1. The molecular weight excluding hydrogens is 556 g/mol. The maximum Gasteiger partial charge on any atom is 0.330 e. The molecule has 3 aromatic rings. The van der Waals surface area contributed by atoms with Gasteiger partial charge < -0.3 is 24.0 Å². The van der Waals surface area contributed by atoms with Crippen molar-refractivity contribution in [1.29, 1.82) is 0 Å². The van der Waals surface area contributed by atoms with E-state index in [0.29, 0.717) is 37.7 Å². The van der Waals surface area contributed by atoms with Crippen molar-refractivity contribution in [3.63, 3.8) is 0 Å². The van der Waals surface area contributed by atoms with E-state index in [1.165, 1.54) is 0 Å². The number of rotatable bonds is 12.